The minimum atomic E-state index is 0.125. The van der Waals surface area contributed by atoms with Gasteiger partial charge in [0.15, 0.2) is 0 Å². The van der Waals surface area contributed by atoms with Gasteiger partial charge in [-0.05, 0) is 36.1 Å². The van der Waals surface area contributed by atoms with Crippen LogP contribution in [0.2, 0.25) is 0 Å². The fraction of sp³-hybridized carbons (Fsp3) is 0.353. The molecule has 0 aliphatic rings. The van der Waals surface area contributed by atoms with Gasteiger partial charge in [-0.1, -0.05) is 32.9 Å². The van der Waals surface area contributed by atoms with E-state index in [9.17, 15) is 0 Å². The Bertz CT molecular complexity index is 601. The first-order valence-corrected chi connectivity index (χ1v) is 7.08. The van der Waals surface area contributed by atoms with Crippen LogP contribution in [0.15, 0.2) is 36.4 Å². The maximum absolute atomic E-state index is 5.79. The average Bonchev–Trinajstić information content (AvgIpc) is 2.42. The molecule has 21 heavy (non-hydrogen) atoms. The van der Waals surface area contributed by atoms with Crippen molar-refractivity contribution in [2.45, 2.75) is 33.1 Å². The molecule has 0 aliphatic heterocycles. The van der Waals surface area contributed by atoms with E-state index in [0.717, 1.165) is 5.75 Å². The smallest absolute Gasteiger partial charge is 0.240 e. The van der Waals surface area contributed by atoms with Crippen molar-refractivity contribution in [2.75, 3.05) is 12.3 Å². The molecular weight excluding hydrogens is 264 g/mol. The minimum absolute atomic E-state index is 0.125. The number of ether oxygens (including phenoxy) is 2. The lowest BCUT2D eigenvalue weighted by molar-refractivity contribution is 0.323. The summed E-state index contributed by atoms with van der Waals surface area (Å²) in [5, 5.41) is 0. The number of rotatable bonds is 4. The van der Waals surface area contributed by atoms with Gasteiger partial charge in [0.05, 0.1) is 12.3 Å². The Morgan fingerprint density at radius 1 is 1.05 bits per heavy atom. The van der Waals surface area contributed by atoms with Crippen LogP contribution in [0.1, 0.15) is 33.3 Å². The highest BCUT2D eigenvalue weighted by atomic mass is 16.5. The van der Waals surface area contributed by atoms with E-state index in [2.05, 4.69) is 37.9 Å². The van der Waals surface area contributed by atoms with Gasteiger partial charge < -0.3 is 15.2 Å². The SMILES string of the molecule is CCOc1nc(Oc2ccc(C(C)(C)C)cc2)ccc1N. The standard InChI is InChI=1S/C17H22N2O2/c1-5-20-16-14(18)10-11-15(19-16)21-13-8-6-12(7-9-13)17(2,3)4/h6-11H,5,18H2,1-4H3. The second-order valence-corrected chi connectivity index (χ2v) is 5.85. The zero-order valence-electron chi connectivity index (χ0n) is 13.0. The summed E-state index contributed by atoms with van der Waals surface area (Å²) in [6.45, 7) is 8.94. The van der Waals surface area contributed by atoms with E-state index in [-0.39, 0.29) is 5.41 Å². The van der Waals surface area contributed by atoms with E-state index in [1.165, 1.54) is 5.56 Å². The highest BCUT2D eigenvalue weighted by molar-refractivity contribution is 5.49. The molecule has 2 N–H and O–H groups in total. The second-order valence-electron chi connectivity index (χ2n) is 5.85. The van der Waals surface area contributed by atoms with Crippen LogP contribution in [-0.4, -0.2) is 11.6 Å². The van der Waals surface area contributed by atoms with Crippen LogP contribution in [0.4, 0.5) is 5.69 Å². The van der Waals surface area contributed by atoms with Gasteiger partial charge in [-0.15, -0.1) is 0 Å². The molecule has 4 heteroatoms. The first kappa shape index (κ1) is 15.2. The molecule has 0 bridgehead atoms. The van der Waals surface area contributed by atoms with Gasteiger partial charge in [-0.2, -0.15) is 4.98 Å². The summed E-state index contributed by atoms with van der Waals surface area (Å²) in [7, 11) is 0. The molecule has 1 aromatic heterocycles. The second kappa shape index (κ2) is 6.04. The van der Waals surface area contributed by atoms with Crippen LogP contribution in [0.5, 0.6) is 17.5 Å². The Kier molecular flexibility index (Phi) is 4.36. The number of anilines is 1. The Hall–Kier alpha value is -2.23. The number of nitrogen functional groups attached to an aromatic ring is 1. The summed E-state index contributed by atoms with van der Waals surface area (Å²) in [5.41, 5.74) is 7.68. The van der Waals surface area contributed by atoms with Gasteiger partial charge >= 0.3 is 0 Å². The maximum atomic E-state index is 5.79. The van der Waals surface area contributed by atoms with Gasteiger partial charge in [0.2, 0.25) is 11.8 Å². The number of benzene rings is 1. The van der Waals surface area contributed by atoms with Crippen molar-refractivity contribution in [1.29, 1.82) is 0 Å². The third-order valence-electron chi connectivity index (χ3n) is 3.09. The van der Waals surface area contributed by atoms with Gasteiger partial charge in [0, 0.05) is 6.07 Å². The molecule has 0 spiro atoms. The third kappa shape index (κ3) is 3.88. The number of pyridine rings is 1. The zero-order chi connectivity index (χ0) is 15.5. The molecule has 0 saturated heterocycles. The van der Waals surface area contributed by atoms with Gasteiger partial charge in [0.1, 0.15) is 5.75 Å². The minimum Gasteiger partial charge on any atom is -0.476 e. The molecule has 0 aliphatic carbocycles. The molecular formula is C17H22N2O2. The number of hydrogen-bond donors (Lipinski definition) is 1. The van der Waals surface area contributed by atoms with Crippen LogP contribution in [0.3, 0.4) is 0 Å². The van der Waals surface area contributed by atoms with Crippen molar-refractivity contribution in [2.24, 2.45) is 0 Å². The summed E-state index contributed by atoms with van der Waals surface area (Å²) in [5.74, 6) is 1.61. The van der Waals surface area contributed by atoms with Crippen molar-refractivity contribution in [1.82, 2.24) is 4.98 Å². The van der Waals surface area contributed by atoms with Crippen molar-refractivity contribution in [3.05, 3.63) is 42.0 Å². The maximum Gasteiger partial charge on any atom is 0.240 e. The van der Waals surface area contributed by atoms with E-state index in [4.69, 9.17) is 15.2 Å². The van der Waals surface area contributed by atoms with Crippen LogP contribution in [0.25, 0.3) is 0 Å². The van der Waals surface area contributed by atoms with Crippen molar-refractivity contribution >= 4 is 5.69 Å². The molecule has 4 nitrogen and oxygen atoms in total. The topological polar surface area (TPSA) is 57.4 Å². The average molecular weight is 286 g/mol. The summed E-state index contributed by atoms with van der Waals surface area (Å²) in [6.07, 6.45) is 0. The quantitative estimate of drug-likeness (QED) is 0.917. The lowest BCUT2D eigenvalue weighted by atomic mass is 9.87. The third-order valence-corrected chi connectivity index (χ3v) is 3.09. The summed E-state index contributed by atoms with van der Waals surface area (Å²) >= 11 is 0. The Balaban J connectivity index is 2.16. The number of nitrogens with zero attached hydrogens (tertiary/aromatic N) is 1. The predicted molar refractivity (Wildman–Crippen MR) is 85.0 cm³/mol. The molecule has 2 aromatic rings. The molecule has 0 radical (unpaired) electrons. The Morgan fingerprint density at radius 3 is 2.29 bits per heavy atom. The van der Waals surface area contributed by atoms with E-state index in [1.54, 1.807) is 12.1 Å². The summed E-state index contributed by atoms with van der Waals surface area (Å²) < 4.78 is 11.1. The van der Waals surface area contributed by atoms with E-state index < -0.39 is 0 Å². The Labute approximate surface area is 125 Å². The van der Waals surface area contributed by atoms with Gasteiger partial charge in [-0.3, -0.25) is 0 Å². The van der Waals surface area contributed by atoms with E-state index >= 15 is 0 Å². The number of hydrogen-bond acceptors (Lipinski definition) is 4. The van der Waals surface area contributed by atoms with Crippen LogP contribution < -0.4 is 15.2 Å². The summed E-state index contributed by atoms with van der Waals surface area (Å²) in [4.78, 5) is 4.26. The molecule has 1 aromatic carbocycles. The monoisotopic (exact) mass is 286 g/mol. The van der Waals surface area contributed by atoms with E-state index in [0.29, 0.717) is 24.1 Å². The molecule has 0 amide bonds. The van der Waals surface area contributed by atoms with E-state index in [1.807, 2.05) is 19.1 Å². The normalized spacial score (nSPS) is 11.2. The highest BCUT2D eigenvalue weighted by Gasteiger charge is 2.13. The fourth-order valence-electron chi connectivity index (χ4n) is 1.89. The molecule has 1 heterocycles. The van der Waals surface area contributed by atoms with Crippen LogP contribution >= 0.6 is 0 Å². The largest absolute Gasteiger partial charge is 0.476 e. The van der Waals surface area contributed by atoms with Crippen LogP contribution in [-0.2, 0) is 5.41 Å². The lowest BCUT2D eigenvalue weighted by Gasteiger charge is -2.19. The number of aromatic nitrogens is 1. The molecule has 0 fully saturated rings. The zero-order valence-corrected chi connectivity index (χ0v) is 13.0. The van der Waals surface area contributed by atoms with Gasteiger partial charge in [0.25, 0.3) is 0 Å². The molecule has 2 rings (SSSR count). The predicted octanol–water partition coefficient (Wildman–Crippen LogP) is 4.15. The summed E-state index contributed by atoms with van der Waals surface area (Å²) in [6, 6.07) is 11.5. The number of nitrogens with two attached hydrogens (primary N) is 1. The first-order valence-electron chi connectivity index (χ1n) is 7.08. The van der Waals surface area contributed by atoms with Crippen LogP contribution in [0, 0.1) is 0 Å². The highest BCUT2D eigenvalue weighted by Crippen LogP contribution is 2.28. The fourth-order valence-corrected chi connectivity index (χ4v) is 1.89. The molecule has 0 atom stereocenters. The Morgan fingerprint density at radius 2 is 1.71 bits per heavy atom. The first-order chi connectivity index (χ1) is 9.90. The van der Waals surface area contributed by atoms with Crippen molar-refractivity contribution < 1.29 is 9.47 Å². The van der Waals surface area contributed by atoms with Gasteiger partial charge in [-0.25, -0.2) is 0 Å². The van der Waals surface area contributed by atoms with Crippen molar-refractivity contribution in [3.63, 3.8) is 0 Å². The molecule has 0 saturated carbocycles. The van der Waals surface area contributed by atoms with Crippen molar-refractivity contribution in [3.8, 4) is 17.5 Å². The molecule has 0 unspecified atom stereocenters. The molecule has 112 valence electrons. The lowest BCUT2D eigenvalue weighted by Crippen LogP contribution is -2.10.